The monoisotopic (exact) mass is 432 g/mol. The largest absolute Gasteiger partial charge is 0.497 e. The fourth-order valence-electron chi connectivity index (χ4n) is 3.65. The number of rotatable bonds is 6. The standard InChI is InChI=1S/C24H28N6O2/c1-17-15-22(30-13-4-3-5-14-30)29-23(25-17)26-18-9-11-19(12-10-18)27-24(31)28-20-7-6-8-21(16-20)32-2/h6-12,15-16H,3-5,13-14H2,1-2H3,(H,25,26,29)(H2,27,28,31). The molecule has 0 unspecified atom stereocenters. The van der Waals surface area contributed by atoms with Crippen molar-refractivity contribution >= 4 is 34.9 Å². The second kappa shape index (κ2) is 10.00. The van der Waals surface area contributed by atoms with Crippen molar-refractivity contribution < 1.29 is 9.53 Å². The van der Waals surface area contributed by atoms with Gasteiger partial charge < -0.3 is 25.6 Å². The third-order valence-corrected chi connectivity index (χ3v) is 5.25. The van der Waals surface area contributed by atoms with Crippen LogP contribution in [0.2, 0.25) is 0 Å². The SMILES string of the molecule is COc1cccc(NC(=O)Nc2ccc(Nc3nc(C)cc(N4CCCCC4)n3)cc2)c1. The molecule has 2 aromatic carbocycles. The summed E-state index contributed by atoms with van der Waals surface area (Å²) >= 11 is 0. The van der Waals surface area contributed by atoms with Gasteiger partial charge in [-0.1, -0.05) is 6.07 Å². The van der Waals surface area contributed by atoms with Crippen LogP contribution in [0.15, 0.2) is 54.6 Å². The maximum absolute atomic E-state index is 12.3. The second-order valence-corrected chi connectivity index (χ2v) is 7.75. The maximum atomic E-state index is 12.3. The Bertz CT molecular complexity index is 1060. The smallest absolute Gasteiger partial charge is 0.323 e. The molecule has 0 aliphatic carbocycles. The molecular formula is C24H28N6O2. The number of benzene rings is 2. The summed E-state index contributed by atoms with van der Waals surface area (Å²) in [5, 5.41) is 8.88. The van der Waals surface area contributed by atoms with Crippen molar-refractivity contribution in [3.05, 3.63) is 60.3 Å². The minimum Gasteiger partial charge on any atom is -0.497 e. The first-order valence-electron chi connectivity index (χ1n) is 10.8. The van der Waals surface area contributed by atoms with Gasteiger partial charge in [0.2, 0.25) is 5.95 Å². The number of carbonyl (C=O) groups is 1. The number of aromatic nitrogens is 2. The van der Waals surface area contributed by atoms with E-state index in [2.05, 4.69) is 25.8 Å². The van der Waals surface area contributed by atoms with E-state index in [0.29, 0.717) is 23.1 Å². The molecule has 8 nitrogen and oxygen atoms in total. The minimum absolute atomic E-state index is 0.327. The van der Waals surface area contributed by atoms with Crippen molar-refractivity contribution in [3.8, 4) is 5.75 Å². The van der Waals surface area contributed by atoms with E-state index in [0.717, 1.165) is 30.3 Å². The fraction of sp³-hybridized carbons (Fsp3) is 0.292. The highest BCUT2D eigenvalue weighted by Gasteiger charge is 2.14. The first-order valence-corrected chi connectivity index (χ1v) is 10.8. The van der Waals surface area contributed by atoms with Crippen molar-refractivity contribution in [2.24, 2.45) is 0 Å². The number of ether oxygens (including phenoxy) is 1. The molecule has 4 rings (SSSR count). The quantitative estimate of drug-likeness (QED) is 0.498. The first kappa shape index (κ1) is 21.4. The van der Waals surface area contributed by atoms with Crippen molar-refractivity contribution in [2.45, 2.75) is 26.2 Å². The molecule has 0 saturated carbocycles. The van der Waals surface area contributed by atoms with Gasteiger partial charge in [-0.15, -0.1) is 0 Å². The predicted molar refractivity (Wildman–Crippen MR) is 128 cm³/mol. The molecule has 2 amide bonds. The zero-order valence-corrected chi connectivity index (χ0v) is 18.4. The van der Waals surface area contributed by atoms with Gasteiger partial charge in [0.25, 0.3) is 0 Å². The Hall–Kier alpha value is -3.81. The molecule has 0 spiro atoms. The predicted octanol–water partition coefficient (Wildman–Crippen LogP) is 5.17. The third-order valence-electron chi connectivity index (χ3n) is 5.25. The van der Waals surface area contributed by atoms with Gasteiger partial charge in [-0.3, -0.25) is 0 Å². The van der Waals surface area contributed by atoms with Gasteiger partial charge in [-0.2, -0.15) is 4.98 Å². The van der Waals surface area contributed by atoms with E-state index in [-0.39, 0.29) is 6.03 Å². The molecule has 1 saturated heterocycles. The Balaban J connectivity index is 1.37. The molecule has 1 aliphatic rings. The number of nitrogens with one attached hydrogen (secondary N) is 3. The summed E-state index contributed by atoms with van der Waals surface area (Å²) in [6.07, 6.45) is 3.68. The highest BCUT2D eigenvalue weighted by Crippen LogP contribution is 2.23. The van der Waals surface area contributed by atoms with Crippen molar-refractivity contribution in [3.63, 3.8) is 0 Å². The number of piperidine rings is 1. The minimum atomic E-state index is -0.327. The topological polar surface area (TPSA) is 91.4 Å². The maximum Gasteiger partial charge on any atom is 0.323 e. The second-order valence-electron chi connectivity index (χ2n) is 7.75. The Kier molecular flexibility index (Phi) is 6.69. The number of amides is 2. The van der Waals surface area contributed by atoms with Crippen LogP contribution in [0.25, 0.3) is 0 Å². The number of anilines is 5. The van der Waals surface area contributed by atoms with Crippen LogP contribution in [0, 0.1) is 6.92 Å². The first-order chi connectivity index (χ1) is 15.6. The summed E-state index contributed by atoms with van der Waals surface area (Å²) in [5.74, 6) is 2.22. The van der Waals surface area contributed by atoms with Gasteiger partial charge in [0.1, 0.15) is 11.6 Å². The molecule has 0 atom stereocenters. The van der Waals surface area contributed by atoms with Gasteiger partial charge >= 0.3 is 6.03 Å². The van der Waals surface area contributed by atoms with Crippen LogP contribution < -0.4 is 25.6 Å². The van der Waals surface area contributed by atoms with Crippen molar-refractivity contribution in [1.82, 2.24) is 9.97 Å². The van der Waals surface area contributed by atoms with Gasteiger partial charge in [0, 0.05) is 48.0 Å². The van der Waals surface area contributed by atoms with E-state index < -0.39 is 0 Å². The van der Waals surface area contributed by atoms with Crippen LogP contribution in [-0.2, 0) is 0 Å². The highest BCUT2D eigenvalue weighted by molar-refractivity contribution is 5.99. The molecule has 3 N–H and O–H groups in total. The van der Waals surface area contributed by atoms with E-state index in [1.54, 1.807) is 19.2 Å². The number of methoxy groups -OCH3 is 1. The van der Waals surface area contributed by atoms with E-state index in [4.69, 9.17) is 9.72 Å². The van der Waals surface area contributed by atoms with Crippen LogP contribution in [0.1, 0.15) is 25.0 Å². The van der Waals surface area contributed by atoms with E-state index in [9.17, 15) is 4.79 Å². The molecule has 1 fully saturated rings. The Labute approximate surface area is 188 Å². The average Bonchev–Trinajstić information content (AvgIpc) is 2.80. The molecule has 2 heterocycles. The van der Waals surface area contributed by atoms with Crippen LogP contribution in [0.4, 0.5) is 33.6 Å². The summed E-state index contributed by atoms with van der Waals surface area (Å²) in [7, 11) is 1.59. The van der Waals surface area contributed by atoms with Gasteiger partial charge in [-0.25, -0.2) is 9.78 Å². The lowest BCUT2D eigenvalue weighted by Crippen LogP contribution is -2.30. The summed E-state index contributed by atoms with van der Waals surface area (Å²) in [5.41, 5.74) is 3.10. The fourth-order valence-corrected chi connectivity index (χ4v) is 3.65. The lowest BCUT2D eigenvalue weighted by molar-refractivity contribution is 0.262. The van der Waals surface area contributed by atoms with Crippen LogP contribution in [-0.4, -0.2) is 36.2 Å². The van der Waals surface area contributed by atoms with Crippen LogP contribution in [0.5, 0.6) is 5.75 Å². The molecule has 166 valence electrons. The van der Waals surface area contributed by atoms with E-state index in [1.165, 1.54) is 19.3 Å². The van der Waals surface area contributed by atoms with Gasteiger partial charge in [0.15, 0.2) is 0 Å². The normalized spacial score (nSPS) is 13.4. The molecule has 0 radical (unpaired) electrons. The number of carbonyl (C=O) groups excluding carboxylic acids is 1. The molecular weight excluding hydrogens is 404 g/mol. The summed E-state index contributed by atoms with van der Waals surface area (Å²) in [4.78, 5) is 23.8. The van der Waals surface area contributed by atoms with E-state index in [1.807, 2.05) is 49.4 Å². The Morgan fingerprint density at radius 3 is 2.38 bits per heavy atom. The number of hydrogen-bond acceptors (Lipinski definition) is 6. The third kappa shape index (κ3) is 5.66. The molecule has 8 heteroatoms. The summed E-state index contributed by atoms with van der Waals surface area (Å²) < 4.78 is 5.17. The van der Waals surface area contributed by atoms with Gasteiger partial charge in [0.05, 0.1) is 7.11 Å². The van der Waals surface area contributed by atoms with Crippen molar-refractivity contribution in [1.29, 1.82) is 0 Å². The number of nitrogens with zero attached hydrogens (tertiary/aromatic N) is 3. The zero-order valence-electron chi connectivity index (χ0n) is 18.4. The molecule has 0 bridgehead atoms. The number of hydrogen-bond donors (Lipinski definition) is 3. The average molecular weight is 433 g/mol. The molecule has 3 aromatic rings. The van der Waals surface area contributed by atoms with Crippen LogP contribution in [0.3, 0.4) is 0 Å². The highest BCUT2D eigenvalue weighted by atomic mass is 16.5. The van der Waals surface area contributed by atoms with Crippen LogP contribution >= 0.6 is 0 Å². The zero-order chi connectivity index (χ0) is 22.3. The molecule has 1 aliphatic heterocycles. The Morgan fingerprint density at radius 1 is 0.906 bits per heavy atom. The Morgan fingerprint density at radius 2 is 1.62 bits per heavy atom. The summed E-state index contributed by atoms with van der Waals surface area (Å²) in [6.45, 7) is 4.05. The number of urea groups is 1. The summed E-state index contributed by atoms with van der Waals surface area (Å²) in [6, 6.07) is 16.3. The van der Waals surface area contributed by atoms with E-state index >= 15 is 0 Å². The lowest BCUT2D eigenvalue weighted by atomic mass is 10.1. The lowest BCUT2D eigenvalue weighted by Gasteiger charge is -2.28. The van der Waals surface area contributed by atoms with Crippen molar-refractivity contribution in [2.75, 3.05) is 41.0 Å². The molecule has 1 aromatic heterocycles. The van der Waals surface area contributed by atoms with Gasteiger partial charge in [-0.05, 0) is 62.6 Å². The number of aryl methyl sites for hydroxylation is 1. The molecule has 32 heavy (non-hydrogen) atoms.